The number of anilines is 1. The molecule has 1 rings (SSSR count). The Balaban J connectivity index is 0.000000292. The second kappa shape index (κ2) is 5.71. The van der Waals surface area contributed by atoms with Crippen LogP contribution in [0.25, 0.3) is 0 Å². The van der Waals surface area contributed by atoms with E-state index in [1.54, 1.807) is 12.3 Å². The van der Waals surface area contributed by atoms with Crippen molar-refractivity contribution in [1.82, 2.24) is 4.98 Å². The lowest BCUT2D eigenvalue weighted by Crippen LogP contribution is -1.87. The second-order valence-corrected chi connectivity index (χ2v) is 2.47. The van der Waals surface area contributed by atoms with Gasteiger partial charge in [-0.2, -0.15) is 0 Å². The normalized spacial score (nSPS) is 8.27. The lowest BCUT2D eigenvalue weighted by Gasteiger charge is -1.89. The van der Waals surface area contributed by atoms with Crippen molar-refractivity contribution in [3.8, 4) is 0 Å². The van der Waals surface area contributed by atoms with E-state index in [9.17, 15) is 0 Å². The Morgan fingerprint density at radius 2 is 1.91 bits per heavy atom. The van der Waals surface area contributed by atoms with Crippen molar-refractivity contribution in [2.75, 3.05) is 5.73 Å². The molecule has 0 spiro atoms. The monoisotopic (exact) mass is 152 g/mol. The molecule has 0 aliphatic rings. The third kappa shape index (κ3) is 5.40. The third-order valence-corrected chi connectivity index (χ3v) is 0.934. The maximum absolute atomic E-state index is 5.32. The van der Waals surface area contributed by atoms with Crippen LogP contribution in [0.1, 0.15) is 25.8 Å². The SMILES string of the molecule is CCC.Cc1ccc(N)nc1. The largest absolute Gasteiger partial charge is 0.384 e. The summed E-state index contributed by atoms with van der Waals surface area (Å²) in [6, 6.07) is 3.72. The number of nitrogens with two attached hydrogens (primary N) is 1. The molecule has 0 aliphatic heterocycles. The number of nitrogen functional groups attached to an aromatic ring is 1. The van der Waals surface area contributed by atoms with Crippen LogP contribution in [0.5, 0.6) is 0 Å². The van der Waals surface area contributed by atoms with Crippen molar-refractivity contribution in [3.63, 3.8) is 0 Å². The number of pyridine rings is 1. The predicted molar refractivity (Wildman–Crippen MR) is 49.4 cm³/mol. The van der Waals surface area contributed by atoms with Crippen LogP contribution in [-0.4, -0.2) is 4.98 Å². The van der Waals surface area contributed by atoms with Crippen LogP contribution in [-0.2, 0) is 0 Å². The maximum atomic E-state index is 5.32. The fraction of sp³-hybridized carbons (Fsp3) is 0.444. The summed E-state index contributed by atoms with van der Waals surface area (Å²) in [5.74, 6) is 0.579. The zero-order valence-electron chi connectivity index (χ0n) is 7.46. The molecule has 0 atom stereocenters. The lowest BCUT2D eigenvalue weighted by atomic mass is 10.3. The first-order valence-corrected chi connectivity index (χ1v) is 3.88. The zero-order valence-corrected chi connectivity index (χ0v) is 7.46. The Morgan fingerprint density at radius 1 is 1.36 bits per heavy atom. The molecule has 0 fully saturated rings. The van der Waals surface area contributed by atoms with Gasteiger partial charge in [-0.1, -0.05) is 26.3 Å². The number of nitrogens with zero attached hydrogens (tertiary/aromatic N) is 1. The molecule has 0 unspecified atom stereocenters. The van der Waals surface area contributed by atoms with Crippen LogP contribution in [0, 0.1) is 6.92 Å². The van der Waals surface area contributed by atoms with Gasteiger partial charge in [0.05, 0.1) is 0 Å². The van der Waals surface area contributed by atoms with Gasteiger partial charge >= 0.3 is 0 Å². The molecule has 0 radical (unpaired) electrons. The molecule has 62 valence electrons. The predicted octanol–water partition coefficient (Wildman–Crippen LogP) is 2.39. The van der Waals surface area contributed by atoms with Crippen molar-refractivity contribution in [1.29, 1.82) is 0 Å². The molecule has 1 aromatic heterocycles. The number of aryl methyl sites for hydroxylation is 1. The first kappa shape index (κ1) is 9.95. The van der Waals surface area contributed by atoms with E-state index in [1.165, 1.54) is 6.42 Å². The summed E-state index contributed by atoms with van der Waals surface area (Å²) >= 11 is 0. The third-order valence-electron chi connectivity index (χ3n) is 0.934. The van der Waals surface area contributed by atoms with E-state index in [2.05, 4.69) is 18.8 Å². The molecule has 0 aliphatic carbocycles. The summed E-state index contributed by atoms with van der Waals surface area (Å²) in [5.41, 5.74) is 6.45. The molecule has 0 amide bonds. The Morgan fingerprint density at radius 3 is 2.18 bits per heavy atom. The minimum Gasteiger partial charge on any atom is -0.384 e. The van der Waals surface area contributed by atoms with Crippen molar-refractivity contribution in [2.24, 2.45) is 0 Å². The first-order chi connectivity index (χ1) is 5.20. The van der Waals surface area contributed by atoms with Crippen molar-refractivity contribution < 1.29 is 0 Å². The van der Waals surface area contributed by atoms with Gasteiger partial charge in [-0.15, -0.1) is 0 Å². The van der Waals surface area contributed by atoms with Crippen molar-refractivity contribution in [2.45, 2.75) is 27.2 Å². The Hall–Kier alpha value is -1.05. The van der Waals surface area contributed by atoms with Crippen LogP contribution in [0.2, 0.25) is 0 Å². The molecule has 0 saturated heterocycles. The highest BCUT2D eigenvalue weighted by molar-refractivity contribution is 5.28. The van der Waals surface area contributed by atoms with Crippen LogP contribution in [0.15, 0.2) is 18.3 Å². The summed E-state index contributed by atoms with van der Waals surface area (Å²) < 4.78 is 0. The fourth-order valence-corrected chi connectivity index (χ4v) is 0.479. The Labute approximate surface area is 68.5 Å². The molecule has 2 nitrogen and oxygen atoms in total. The Bertz CT molecular complexity index is 158. The van der Waals surface area contributed by atoms with E-state index in [0.717, 1.165) is 5.56 Å². The van der Waals surface area contributed by atoms with E-state index >= 15 is 0 Å². The van der Waals surface area contributed by atoms with Crippen LogP contribution < -0.4 is 5.73 Å². The summed E-state index contributed by atoms with van der Waals surface area (Å²) in [7, 11) is 0. The van der Waals surface area contributed by atoms with E-state index in [1.807, 2.05) is 13.0 Å². The number of hydrogen-bond donors (Lipinski definition) is 1. The summed E-state index contributed by atoms with van der Waals surface area (Å²) in [4.78, 5) is 3.86. The van der Waals surface area contributed by atoms with Gasteiger partial charge in [-0.05, 0) is 18.6 Å². The van der Waals surface area contributed by atoms with Gasteiger partial charge in [0.25, 0.3) is 0 Å². The average Bonchev–Trinajstić information content (AvgIpc) is 1.97. The molecule has 0 saturated carbocycles. The van der Waals surface area contributed by atoms with Crippen LogP contribution in [0.3, 0.4) is 0 Å². The molecule has 0 aromatic carbocycles. The molecule has 2 N–H and O–H groups in total. The van der Waals surface area contributed by atoms with E-state index in [4.69, 9.17) is 5.73 Å². The Kier molecular flexibility index (Phi) is 5.17. The summed E-state index contributed by atoms with van der Waals surface area (Å²) in [6.45, 7) is 6.23. The smallest absolute Gasteiger partial charge is 0.123 e. The van der Waals surface area contributed by atoms with Crippen LogP contribution >= 0.6 is 0 Å². The highest BCUT2D eigenvalue weighted by Crippen LogP contribution is 1.97. The van der Waals surface area contributed by atoms with E-state index in [-0.39, 0.29) is 0 Å². The van der Waals surface area contributed by atoms with Crippen molar-refractivity contribution >= 4 is 5.82 Å². The minimum absolute atomic E-state index is 0.579. The van der Waals surface area contributed by atoms with Gasteiger partial charge in [-0.3, -0.25) is 0 Å². The molecule has 11 heavy (non-hydrogen) atoms. The van der Waals surface area contributed by atoms with Gasteiger partial charge in [0.2, 0.25) is 0 Å². The second-order valence-electron chi connectivity index (χ2n) is 2.47. The zero-order chi connectivity index (χ0) is 8.69. The topological polar surface area (TPSA) is 38.9 Å². The van der Waals surface area contributed by atoms with Crippen molar-refractivity contribution in [3.05, 3.63) is 23.9 Å². The summed E-state index contributed by atoms with van der Waals surface area (Å²) in [6.07, 6.45) is 3.00. The number of aromatic nitrogens is 1. The van der Waals surface area contributed by atoms with Crippen LogP contribution in [0.4, 0.5) is 5.82 Å². The van der Waals surface area contributed by atoms with E-state index < -0.39 is 0 Å². The first-order valence-electron chi connectivity index (χ1n) is 3.88. The lowest BCUT2D eigenvalue weighted by molar-refractivity contribution is 1.09. The van der Waals surface area contributed by atoms with E-state index in [0.29, 0.717) is 5.82 Å². The highest BCUT2D eigenvalue weighted by atomic mass is 14.8. The molecular formula is C9H16N2. The van der Waals surface area contributed by atoms with Gasteiger partial charge in [0.1, 0.15) is 5.82 Å². The summed E-state index contributed by atoms with van der Waals surface area (Å²) in [5, 5.41) is 0. The van der Waals surface area contributed by atoms with Gasteiger partial charge in [-0.25, -0.2) is 4.98 Å². The quantitative estimate of drug-likeness (QED) is 0.620. The fourth-order valence-electron chi connectivity index (χ4n) is 0.479. The minimum atomic E-state index is 0.579. The highest BCUT2D eigenvalue weighted by Gasteiger charge is 1.81. The molecule has 0 bridgehead atoms. The van der Waals surface area contributed by atoms with Gasteiger partial charge < -0.3 is 5.73 Å². The average molecular weight is 152 g/mol. The number of rotatable bonds is 0. The number of hydrogen-bond acceptors (Lipinski definition) is 2. The molecule has 2 heteroatoms. The molecule has 1 aromatic rings. The standard InChI is InChI=1S/C6H8N2.C3H8/c1-5-2-3-6(7)8-4-5;1-3-2/h2-4H,1H3,(H2,7,8);3H2,1-2H3. The maximum Gasteiger partial charge on any atom is 0.123 e. The van der Waals surface area contributed by atoms with Gasteiger partial charge in [0, 0.05) is 6.20 Å². The van der Waals surface area contributed by atoms with Gasteiger partial charge in [0.15, 0.2) is 0 Å². The molecular weight excluding hydrogens is 136 g/mol. The molecule has 1 heterocycles.